The van der Waals surface area contributed by atoms with Crippen LogP contribution in [0.3, 0.4) is 0 Å². The van der Waals surface area contributed by atoms with E-state index in [9.17, 15) is 0 Å². The number of aryl methyl sites for hydroxylation is 2. The Balaban J connectivity index is 2.39. The van der Waals surface area contributed by atoms with Crippen molar-refractivity contribution < 1.29 is 10.0 Å². The van der Waals surface area contributed by atoms with E-state index in [2.05, 4.69) is 4.98 Å². The summed E-state index contributed by atoms with van der Waals surface area (Å²) in [6.07, 6.45) is 3.17. The first kappa shape index (κ1) is 7.77. The van der Waals surface area contributed by atoms with Crippen LogP contribution in [0.1, 0.15) is 17.7 Å². The standard InChI is InChI=1S/C8H10BNO2/c11-9(12)8-5-4-6-2-1-3-7(6)10-8/h4-5,11-12H,1-3H2. The van der Waals surface area contributed by atoms with Gasteiger partial charge in [-0.05, 0) is 30.9 Å². The fraction of sp³-hybridized carbons (Fsp3) is 0.375. The molecule has 0 bridgehead atoms. The maximum absolute atomic E-state index is 8.85. The summed E-state index contributed by atoms with van der Waals surface area (Å²) in [6.45, 7) is 0. The minimum absolute atomic E-state index is 0.357. The van der Waals surface area contributed by atoms with Gasteiger partial charge in [0.15, 0.2) is 0 Å². The Morgan fingerprint density at radius 3 is 2.83 bits per heavy atom. The summed E-state index contributed by atoms with van der Waals surface area (Å²) in [6, 6.07) is 3.61. The minimum atomic E-state index is -1.43. The van der Waals surface area contributed by atoms with Crippen LogP contribution in [0.25, 0.3) is 0 Å². The van der Waals surface area contributed by atoms with E-state index in [1.165, 1.54) is 5.56 Å². The number of aromatic nitrogens is 1. The SMILES string of the molecule is OB(O)c1ccc2c(n1)CCC2. The highest BCUT2D eigenvalue weighted by Crippen LogP contribution is 2.17. The van der Waals surface area contributed by atoms with Gasteiger partial charge in [-0.2, -0.15) is 0 Å². The first-order valence-electron chi connectivity index (χ1n) is 4.12. The van der Waals surface area contributed by atoms with Gasteiger partial charge in [-0.3, -0.25) is 4.98 Å². The van der Waals surface area contributed by atoms with Gasteiger partial charge in [0, 0.05) is 5.69 Å². The zero-order valence-corrected chi connectivity index (χ0v) is 6.70. The van der Waals surface area contributed by atoms with Crippen LogP contribution < -0.4 is 5.59 Å². The second-order valence-electron chi connectivity index (χ2n) is 3.07. The summed E-state index contributed by atoms with van der Waals surface area (Å²) in [7, 11) is -1.43. The lowest BCUT2D eigenvalue weighted by molar-refractivity contribution is 0.424. The molecule has 0 fully saturated rings. The molecular weight excluding hydrogens is 153 g/mol. The molecule has 0 spiro atoms. The number of rotatable bonds is 1. The number of pyridine rings is 1. The van der Waals surface area contributed by atoms with Gasteiger partial charge < -0.3 is 10.0 Å². The molecule has 62 valence electrons. The van der Waals surface area contributed by atoms with E-state index in [1.54, 1.807) is 6.07 Å². The van der Waals surface area contributed by atoms with Gasteiger partial charge in [-0.25, -0.2) is 0 Å². The van der Waals surface area contributed by atoms with Crippen molar-refractivity contribution in [2.75, 3.05) is 0 Å². The molecule has 12 heavy (non-hydrogen) atoms. The topological polar surface area (TPSA) is 53.4 Å². The smallest absolute Gasteiger partial charge is 0.422 e. The van der Waals surface area contributed by atoms with Crippen LogP contribution in [0.15, 0.2) is 12.1 Å². The predicted molar refractivity (Wildman–Crippen MR) is 46.1 cm³/mol. The fourth-order valence-electron chi connectivity index (χ4n) is 1.58. The van der Waals surface area contributed by atoms with Crippen molar-refractivity contribution in [3.8, 4) is 0 Å². The quantitative estimate of drug-likeness (QED) is 0.535. The summed E-state index contributed by atoms with van der Waals surface area (Å²) in [5.41, 5.74) is 2.63. The molecule has 2 N–H and O–H groups in total. The van der Waals surface area contributed by atoms with Gasteiger partial charge in [0.2, 0.25) is 0 Å². The highest BCUT2D eigenvalue weighted by molar-refractivity contribution is 6.57. The molecule has 4 heteroatoms. The average Bonchev–Trinajstić information content (AvgIpc) is 2.49. The van der Waals surface area contributed by atoms with Crippen molar-refractivity contribution in [3.05, 3.63) is 23.4 Å². The first-order valence-corrected chi connectivity index (χ1v) is 4.12. The Morgan fingerprint density at radius 2 is 2.08 bits per heavy atom. The van der Waals surface area contributed by atoms with Gasteiger partial charge in [0.1, 0.15) is 0 Å². The molecule has 1 aromatic heterocycles. The average molecular weight is 163 g/mol. The Bertz CT molecular complexity index is 301. The van der Waals surface area contributed by atoms with Crippen molar-refractivity contribution in [2.45, 2.75) is 19.3 Å². The largest absolute Gasteiger partial charge is 0.508 e. The zero-order valence-electron chi connectivity index (χ0n) is 6.70. The number of fused-ring (bicyclic) bond motifs is 1. The van der Waals surface area contributed by atoms with E-state index >= 15 is 0 Å². The summed E-state index contributed by atoms with van der Waals surface area (Å²) >= 11 is 0. The van der Waals surface area contributed by atoms with Crippen molar-refractivity contribution in [1.82, 2.24) is 4.98 Å². The van der Waals surface area contributed by atoms with E-state index in [1.807, 2.05) is 6.07 Å². The van der Waals surface area contributed by atoms with Gasteiger partial charge >= 0.3 is 7.12 Å². The predicted octanol–water partition coefficient (Wildman–Crippen LogP) is -0.750. The van der Waals surface area contributed by atoms with E-state index in [4.69, 9.17) is 10.0 Å². The van der Waals surface area contributed by atoms with E-state index in [0.29, 0.717) is 5.59 Å². The van der Waals surface area contributed by atoms with Crippen LogP contribution in [-0.4, -0.2) is 22.2 Å². The summed E-state index contributed by atoms with van der Waals surface area (Å²) in [4.78, 5) is 4.15. The fourth-order valence-corrected chi connectivity index (χ4v) is 1.58. The Kier molecular flexibility index (Phi) is 1.86. The number of hydrogen-bond acceptors (Lipinski definition) is 3. The molecule has 1 heterocycles. The summed E-state index contributed by atoms with van der Waals surface area (Å²) in [5, 5.41) is 17.7. The monoisotopic (exact) mass is 163 g/mol. The highest BCUT2D eigenvalue weighted by Gasteiger charge is 2.17. The molecule has 3 nitrogen and oxygen atoms in total. The summed E-state index contributed by atoms with van der Waals surface area (Å²) < 4.78 is 0. The van der Waals surface area contributed by atoms with E-state index < -0.39 is 7.12 Å². The number of nitrogens with zero attached hydrogens (tertiary/aromatic N) is 1. The third-order valence-corrected chi connectivity index (χ3v) is 2.21. The van der Waals surface area contributed by atoms with Crippen molar-refractivity contribution in [1.29, 1.82) is 0 Å². The zero-order chi connectivity index (χ0) is 8.55. The Morgan fingerprint density at radius 1 is 1.25 bits per heavy atom. The van der Waals surface area contributed by atoms with Crippen LogP contribution in [-0.2, 0) is 12.8 Å². The number of hydrogen-bond donors (Lipinski definition) is 2. The summed E-state index contributed by atoms with van der Waals surface area (Å²) in [5.74, 6) is 0. The molecule has 1 aliphatic rings. The normalized spacial score (nSPS) is 14.5. The molecule has 0 atom stereocenters. The second kappa shape index (κ2) is 2.88. The van der Waals surface area contributed by atoms with Crippen molar-refractivity contribution >= 4 is 12.7 Å². The molecule has 0 amide bonds. The molecule has 1 aliphatic carbocycles. The lowest BCUT2D eigenvalue weighted by Crippen LogP contribution is -2.33. The third-order valence-electron chi connectivity index (χ3n) is 2.21. The van der Waals surface area contributed by atoms with Crippen molar-refractivity contribution in [3.63, 3.8) is 0 Å². The van der Waals surface area contributed by atoms with Gasteiger partial charge in [0.05, 0.1) is 5.59 Å². The molecular formula is C8H10BNO2. The van der Waals surface area contributed by atoms with Gasteiger partial charge in [-0.1, -0.05) is 6.07 Å². The van der Waals surface area contributed by atoms with Crippen LogP contribution in [0.5, 0.6) is 0 Å². The van der Waals surface area contributed by atoms with Gasteiger partial charge in [-0.15, -0.1) is 0 Å². The lowest BCUT2D eigenvalue weighted by Gasteiger charge is -2.01. The molecule has 0 aromatic carbocycles. The molecule has 1 aromatic rings. The molecule has 2 rings (SSSR count). The van der Waals surface area contributed by atoms with Crippen molar-refractivity contribution in [2.24, 2.45) is 0 Å². The molecule has 0 saturated heterocycles. The minimum Gasteiger partial charge on any atom is -0.422 e. The van der Waals surface area contributed by atoms with E-state index in [0.717, 1.165) is 25.0 Å². The Hall–Kier alpha value is -0.865. The van der Waals surface area contributed by atoms with Crippen LogP contribution in [0, 0.1) is 0 Å². The first-order chi connectivity index (χ1) is 5.77. The Labute approximate surface area is 71.2 Å². The van der Waals surface area contributed by atoms with E-state index in [-0.39, 0.29) is 0 Å². The second-order valence-corrected chi connectivity index (χ2v) is 3.07. The van der Waals surface area contributed by atoms with Crippen LogP contribution in [0.2, 0.25) is 0 Å². The van der Waals surface area contributed by atoms with Crippen LogP contribution >= 0.6 is 0 Å². The highest BCUT2D eigenvalue weighted by atomic mass is 16.4. The van der Waals surface area contributed by atoms with Crippen LogP contribution in [0.4, 0.5) is 0 Å². The molecule has 0 aliphatic heterocycles. The molecule has 0 saturated carbocycles. The molecule has 0 radical (unpaired) electrons. The maximum atomic E-state index is 8.85. The van der Waals surface area contributed by atoms with Gasteiger partial charge in [0.25, 0.3) is 0 Å². The maximum Gasteiger partial charge on any atom is 0.508 e. The lowest BCUT2D eigenvalue weighted by atomic mass is 9.85. The molecule has 0 unspecified atom stereocenters. The third kappa shape index (κ3) is 1.23.